The Balaban J connectivity index is 1.24. The summed E-state index contributed by atoms with van der Waals surface area (Å²) in [6.07, 6.45) is -1.53. The Labute approximate surface area is 219 Å². The number of nitrogens with zero attached hydrogens (tertiary/aromatic N) is 6. The molecule has 3 heterocycles. The van der Waals surface area contributed by atoms with E-state index >= 15 is 0 Å². The first-order valence-electron chi connectivity index (χ1n) is 11.8. The number of likely N-dealkylation sites (tertiary alicyclic amines) is 1. The highest BCUT2D eigenvalue weighted by atomic mass is 32.1. The molecule has 1 aliphatic rings. The van der Waals surface area contributed by atoms with E-state index in [-0.39, 0.29) is 11.7 Å². The summed E-state index contributed by atoms with van der Waals surface area (Å²) < 4.78 is 48.9. The number of hydrogen-bond donors (Lipinski definition) is 0. The minimum atomic E-state index is -4.76. The van der Waals surface area contributed by atoms with Gasteiger partial charge in [-0.1, -0.05) is 30.3 Å². The van der Waals surface area contributed by atoms with Gasteiger partial charge in [0.15, 0.2) is 0 Å². The van der Waals surface area contributed by atoms with E-state index in [9.17, 15) is 18.0 Å². The van der Waals surface area contributed by atoms with E-state index in [4.69, 9.17) is 9.72 Å². The van der Waals surface area contributed by atoms with Gasteiger partial charge in [0.25, 0.3) is 0 Å². The predicted molar refractivity (Wildman–Crippen MR) is 131 cm³/mol. The largest absolute Gasteiger partial charge is 0.573 e. The third-order valence-electron chi connectivity index (χ3n) is 6.25. The highest BCUT2D eigenvalue weighted by molar-refractivity contribution is 7.09. The first-order chi connectivity index (χ1) is 18.4. The van der Waals surface area contributed by atoms with Crippen molar-refractivity contribution >= 4 is 17.6 Å². The normalized spacial score (nSPS) is 16.6. The maximum atomic E-state index is 12.4. The van der Waals surface area contributed by atoms with Gasteiger partial charge >= 0.3 is 6.36 Å². The Bertz CT molecular complexity index is 1310. The maximum Gasteiger partial charge on any atom is 0.573 e. The summed E-state index contributed by atoms with van der Waals surface area (Å²) in [6.45, 7) is 1.28. The summed E-state index contributed by atoms with van der Waals surface area (Å²) in [4.78, 5) is 18.8. The minimum Gasteiger partial charge on any atom is -0.463 e. The molecule has 0 radical (unpaired) electrons. The molecule has 5 rings (SSSR count). The van der Waals surface area contributed by atoms with Gasteiger partial charge in [0.05, 0.1) is 11.0 Å². The monoisotopic (exact) mass is 544 g/mol. The lowest BCUT2D eigenvalue weighted by molar-refractivity contribution is -0.274. The fourth-order valence-electron chi connectivity index (χ4n) is 4.42. The van der Waals surface area contributed by atoms with E-state index in [0.29, 0.717) is 30.1 Å². The molecule has 2 aromatic carbocycles. The molecule has 38 heavy (non-hydrogen) atoms. The number of para-hydroxylation sites is 1. The number of hydrogen-bond acceptors (Lipinski definition) is 9. The van der Waals surface area contributed by atoms with E-state index in [0.717, 1.165) is 24.1 Å². The standard InChI is InChI=1S/C25H23F3N6O3S/c26-25(27,28)37-20-8-6-17(7-9-20)22(14-35)33-12-10-18(11-13-33)23-30-21(15-38-23)24(34-16-29-31-32-34)36-19-4-2-1-3-5-19/h1-9,14-16,18,22,24H,10-13H2. The number of carbonyl (C=O) groups is 1. The van der Waals surface area contributed by atoms with Crippen molar-refractivity contribution in [3.63, 3.8) is 0 Å². The number of thiazole rings is 1. The van der Waals surface area contributed by atoms with Gasteiger partial charge in [0.2, 0.25) is 6.23 Å². The van der Waals surface area contributed by atoms with Crippen LogP contribution in [-0.2, 0) is 4.79 Å². The lowest BCUT2D eigenvalue weighted by Crippen LogP contribution is -2.37. The Morgan fingerprint density at radius 2 is 1.76 bits per heavy atom. The molecule has 1 fully saturated rings. The summed E-state index contributed by atoms with van der Waals surface area (Å²) >= 11 is 1.54. The van der Waals surface area contributed by atoms with Crippen LogP contribution in [-0.4, -0.2) is 55.8 Å². The van der Waals surface area contributed by atoms with Gasteiger partial charge in [-0.05, 0) is 66.2 Å². The Hall–Kier alpha value is -3.84. The van der Waals surface area contributed by atoms with E-state index in [1.54, 1.807) is 11.3 Å². The number of aldehydes is 1. The van der Waals surface area contributed by atoms with Gasteiger partial charge in [-0.3, -0.25) is 4.90 Å². The van der Waals surface area contributed by atoms with Crippen molar-refractivity contribution in [3.8, 4) is 11.5 Å². The van der Waals surface area contributed by atoms with Crippen LogP contribution < -0.4 is 9.47 Å². The average molecular weight is 545 g/mol. The first-order valence-corrected chi connectivity index (χ1v) is 12.7. The Morgan fingerprint density at radius 1 is 1.03 bits per heavy atom. The molecular formula is C25H23F3N6O3S. The van der Waals surface area contributed by atoms with Gasteiger partial charge in [-0.2, -0.15) is 4.68 Å². The summed E-state index contributed by atoms with van der Waals surface area (Å²) in [5, 5.41) is 14.3. The topological polar surface area (TPSA) is 95.3 Å². The number of ether oxygens (including phenoxy) is 2. The van der Waals surface area contributed by atoms with Crippen molar-refractivity contribution in [3.05, 3.63) is 82.6 Å². The van der Waals surface area contributed by atoms with E-state index < -0.39 is 18.6 Å². The van der Waals surface area contributed by atoms with Gasteiger partial charge in [-0.25, -0.2) is 4.98 Å². The highest BCUT2D eigenvalue weighted by Gasteiger charge is 2.32. The van der Waals surface area contributed by atoms with Crippen LogP contribution in [0.25, 0.3) is 0 Å². The number of benzene rings is 2. The van der Waals surface area contributed by atoms with E-state index in [1.165, 1.54) is 35.3 Å². The molecule has 1 saturated heterocycles. The van der Waals surface area contributed by atoms with E-state index in [1.807, 2.05) is 40.6 Å². The molecule has 0 N–H and O–H groups in total. The summed E-state index contributed by atoms with van der Waals surface area (Å²) in [5.74, 6) is 0.542. The molecule has 0 saturated carbocycles. The molecule has 2 atom stereocenters. The molecular weight excluding hydrogens is 521 g/mol. The molecule has 9 nitrogen and oxygen atoms in total. The summed E-state index contributed by atoms with van der Waals surface area (Å²) in [7, 11) is 0. The second kappa shape index (κ2) is 11.3. The lowest BCUT2D eigenvalue weighted by atomic mass is 9.95. The molecule has 198 valence electrons. The molecule has 2 aromatic heterocycles. The van der Waals surface area contributed by atoms with Gasteiger partial charge in [0, 0.05) is 11.3 Å². The molecule has 0 amide bonds. The van der Waals surface area contributed by atoms with Crippen LogP contribution >= 0.6 is 11.3 Å². The number of halogens is 3. The maximum absolute atomic E-state index is 12.4. The molecule has 0 bridgehead atoms. The van der Waals surface area contributed by atoms with Crippen molar-refractivity contribution < 1.29 is 27.4 Å². The van der Waals surface area contributed by atoms with Gasteiger partial charge in [0.1, 0.15) is 29.8 Å². The number of piperidine rings is 1. The van der Waals surface area contributed by atoms with Crippen LogP contribution in [0.15, 0.2) is 66.3 Å². The second-order valence-corrected chi connectivity index (χ2v) is 9.58. The zero-order chi connectivity index (χ0) is 26.5. The average Bonchev–Trinajstić information content (AvgIpc) is 3.62. The number of aromatic nitrogens is 5. The Kier molecular flexibility index (Phi) is 7.65. The van der Waals surface area contributed by atoms with Crippen molar-refractivity contribution in [1.29, 1.82) is 0 Å². The lowest BCUT2D eigenvalue weighted by Gasteiger charge is -2.34. The van der Waals surface area contributed by atoms with Crippen LogP contribution in [0.1, 0.15) is 47.3 Å². The molecule has 0 aliphatic carbocycles. The van der Waals surface area contributed by atoms with Crippen LogP contribution in [0.3, 0.4) is 0 Å². The van der Waals surface area contributed by atoms with Crippen molar-refractivity contribution in [2.75, 3.05) is 13.1 Å². The highest BCUT2D eigenvalue weighted by Crippen LogP contribution is 2.35. The quantitative estimate of drug-likeness (QED) is 0.278. The first kappa shape index (κ1) is 25.8. The van der Waals surface area contributed by atoms with Crippen molar-refractivity contribution in [2.45, 2.75) is 37.4 Å². The van der Waals surface area contributed by atoms with Crippen LogP contribution in [0.2, 0.25) is 0 Å². The molecule has 13 heteroatoms. The van der Waals surface area contributed by atoms with Crippen LogP contribution in [0.4, 0.5) is 13.2 Å². The number of alkyl halides is 3. The summed E-state index contributed by atoms with van der Waals surface area (Å²) in [5.41, 5.74) is 1.31. The third-order valence-corrected chi connectivity index (χ3v) is 7.27. The van der Waals surface area contributed by atoms with Gasteiger partial charge < -0.3 is 14.3 Å². The number of carbonyl (C=O) groups excluding carboxylic acids is 1. The SMILES string of the molecule is O=CC(c1ccc(OC(F)(F)F)cc1)N1CCC(c2nc(C(Oc3ccccc3)n3cnnn3)cs2)CC1. The van der Waals surface area contributed by atoms with Gasteiger partial charge in [-0.15, -0.1) is 29.6 Å². The third kappa shape index (κ3) is 6.17. The van der Waals surface area contributed by atoms with E-state index in [2.05, 4.69) is 20.3 Å². The summed E-state index contributed by atoms with van der Waals surface area (Å²) in [6, 6.07) is 14.2. The second-order valence-electron chi connectivity index (χ2n) is 8.69. The fourth-order valence-corrected chi connectivity index (χ4v) is 5.42. The van der Waals surface area contributed by atoms with Crippen molar-refractivity contribution in [2.24, 2.45) is 0 Å². The van der Waals surface area contributed by atoms with Crippen molar-refractivity contribution in [1.82, 2.24) is 30.1 Å². The number of rotatable bonds is 9. The zero-order valence-electron chi connectivity index (χ0n) is 19.9. The zero-order valence-corrected chi connectivity index (χ0v) is 20.8. The number of tetrazole rings is 1. The van der Waals surface area contributed by atoms with Crippen LogP contribution in [0, 0.1) is 0 Å². The molecule has 2 unspecified atom stereocenters. The smallest absolute Gasteiger partial charge is 0.463 e. The molecule has 4 aromatic rings. The molecule has 1 aliphatic heterocycles. The predicted octanol–water partition coefficient (Wildman–Crippen LogP) is 4.77. The minimum absolute atomic E-state index is 0.200. The Morgan fingerprint density at radius 3 is 2.39 bits per heavy atom. The van der Waals surface area contributed by atoms with Crippen LogP contribution in [0.5, 0.6) is 11.5 Å². The molecule has 0 spiro atoms. The fraction of sp³-hybridized carbons (Fsp3) is 0.320.